The van der Waals surface area contributed by atoms with Crippen molar-refractivity contribution in [2.75, 3.05) is 13.2 Å². The predicted molar refractivity (Wildman–Crippen MR) is 105 cm³/mol. The SMILES string of the molecule is C[Si](C)(C)CCOC(=O)C(N)CNC(=O)OCc1ccccc1.O=C(O)C(F)(F)F. The normalized spacial score (nSPS) is 12.1. The lowest BCUT2D eigenvalue weighted by Gasteiger charge is -2.17. The molecule has 0 spiro atoms. The summed E-state index contributed by atoms with van der Waals surface area (Å²) in [4.78, 5) is 32.1. The van der Waals surface area contributed by atoms with Crippen LogP contribution >= 0.6 is 0 Å². The minimum Gasteiger partial charge on any atom is -0.475 e. The minimum absolute atomic E-state index is 0.0145. The van der Waals surface area contributed by atoms with Crippen molar-refractivity contribution >= 4 is 26.1 Å². The Kier molecular flexibility index (Phi) is 11.7. The van der Waals surface area contributed by atoms with E-state index >= 15 is 0 Å². The molecule has 1 atom stereocenters. The average Bonchev–Trinajstić information content (AvgIpc) is 2.63. The monoisotopic (exact) mass is 452 g/mol. The van der Waals surface area contributed by atoms with Crippen molar-refractivity contribution in [2.24, 2.45) is 5.73 Å². The van der Waals surface area contributed by atoms with Gasteiger partial charge in [0.1, 0.15) is 12.6 Å². The van der Waals surface area contributed by atoms with E-state index < -0.39 is 38.3 Å². The molecule has 0 aromatic heterocycles. The van der Waals surface area contributed by atoms with Gasteiger partial charge in [-0.25, -0.2) is 9.59 Å². The zero-order chi connectivity index (χ0) is 23.4. The third-order valence-electron chi connectivity index (χ3n) is 3.32. The maximum atomic E-state index is 11.7. The van der Waals surface area contributed by atoms with E-state index in [1.54, 1.807) is 0 Å². The standard InChI is InChI=1S/C16H26N2O4Si.C2HF3O2/c1-23(2,3)10-9-21-15(19)14(17)11-18-16(20)22-12-13-7-5-4-6-8-13;3-2(4,5)1(6)7/h4-8,14H,9-12,17H2,1-3H3,(H,18,20);(H,6,7). The van der Waals surface area contributed by atoms with E-state index in [2.05, 4.69) is 25.0 Å². The summed E-state index contributed by atoms with van der Waals surface area (Å²) in [6.45, 7) is 7.13. The maximum absolute atomic E-state index is 11.7. The molecule has 12 heteroatoms. The maximum Gasteiger partial charge on any atom is 0.490 e. The lowest BCUT2D eigenvalue weighted by molar-refractivity contribution is -0.192. The van der Waals surface area contributed by atoms with Crippen LogP contribution in [0.3, 0.4) is 0 Å². The molecular weight excluding hydrogens is 425 g/mol. The molecule has 30 heavy (non-hydrogen) atoms. The van der Waals surface area contributed by atoms with Gasteiger partial charge in [0.25, 0.3) is 0 Å². The molecule has 0 fully saturated rings. The molecule has 0 aliphatic heterocycles. The fourth-order valence-corrected chi connectivity index (χ4v) is 2.33. The second-order valence-corrected chi connectivity index (χ2v) is 13.0. The van der Waals surface area contributed by atoms with Crippen LogP contribution in [0.5, 0.6) is 0 Å². The van der Waals surface area contributed by atoms with Gasteiger partial charge in [-0.1, -0.05) is 50.0 Å². The molecule has 0 heterocycles. The number of alkyl carbamates (subject to hydrolysis) is 1. The molecule has 0 bridgehead atoms. The van der Waals surface area contributed by atoms with Gasteiger partial charge in [-0.05, 0) is 11.6 Å². The third kappa shape index (κ3) is 14.4. The number of amides is 1. The topological polar surface area (TPSA) is 128 Å². The minimum atomic E-state index is -5.08. The largest absolute Gasteiger partial charge is 0.490 e. The van der Waals surface area contributed by atoms with E-state index in [4.69, 9.17) is 25.1 Å². The number of nitrogens with two attached hydrogens (primary N) is 1. The van der Waals surface area contributed by atoms with Gasteiger partial charge >= 0.3 is 24.2 Å². The van der Waals surface area contributed by atoms with Gasteiger partial charge < -0.3 is 25.6 Å². The molecule has 0 aliphatic carbocycles. The van der Waals surface area contributed by atoms with Crippen LogP contribution in [0.1, 0.15) is 5.56 Å². The number of carboxylic acids is 1. The number of carbonyl (C=O) groups is 3. The van der Waals surface area contributed by atoms with Crippen molar-refractivity contribution in [1.82, 2.24) is 5.32 Å². The van der Waals surface area contributed by atoms with Crippen molar-refractivity contribution in [3.05, 3.63) is 35.9 Å². The Balaban J connectivity index is 0.00000103. The Bertz CT molecular complexity index is 681. The fourth-order valence-electron chi connectivity index (χ4n) is 1.62. The highest BCUT2D eigenvalue weighted by atomic mass is 28.3. The summed E-state index contributed by atoms with van der Waals surface area (Å²) >= 11 is 0. The van der Waals surface area contributed by atoms with Gasteiger partial charge in [0.05, 0.1) is 6.61 Å². The van der Waals surface area contributed by atoms with E-state index in [1.165, 1.54) is 0 Å². The highest BCUT2D eigenvalue weighted by Gasteiger charge is 2.38. The lowest BCUT2D eigenvalue weighted by atomic mass is 10.2. The first-order valence-corrected chi connectivity index (χ1v) is 12.6. The first-order chi connectivity index (χ1) is 13.7. The Hall–Kier alpha value is -2.60. The summed E-state index contributed by atoms with van der Waals surface area (Å²) in [5.74, 6) is -3.26. The first-order valence-electron chi connectivity index (χ1n) is 8.89. The van der Waals surface area contributed by atoms with E-state index in [1.807, 2.05) is 30.3 Å². The highest BCUT2D eigenvalue weighted by molar-refractivity contribution is 6.76. The first kappa shape index (κ1) is 27.4. The summed E-state index contributed by atoms with van der Waals surface area (Å²) in [5, 5.41) is 9.59. The van der Waals surface area contributed by atoms with Crippen molar-refractivity contribution in [3.8, 4) is 0 Å². The molecule has 4 N–H and O–H groups in total. The number of carboxylic acid groups (broad SMARTS) is 1. The number of hydrogen-bond donors (Lipinski definition) is 3. The Morgan fingerprint density at radius 2 is 1.67 bits per heavy atom. The Labute approximate surface area is 173 Å². The molecule has 0 saturated carbocycles. The molecule has 170 valence electrons. The molecule has 1 amide bonds. The zero-order valence-corrected chi connectivity index (χ0v) is 18.0. The second-order valence-electron chi connectivity index (χ2n) is 7.33. The summed E-state index contributed by atoms with van der Waals surface area (Å²) < 4.78 is 41.9. The van der Waals surface area contributed by atoms with Crippen molar-refractivity contribution < 1.29 is 42.1 Å². The second kappa shape index (κ2) is 12.9. The smallest absolute Gasteiger partial charge is 0.475 e. The summed E-state index contributed by atoms with van der Waals surface area (Å²) in [5.41, 5.74) is 6.58. The molecule has 1 rings (SSSR count). The molecule has 1 aromatic carbocycles. The fraction of sp³-hybridized carbons (Fsp3) is 0.500. The van der Waals surface area contributed by atoms with Crippen molar-refractivity contribution in [2.45, 2.75) is 44.5 Å². The Morgan fingerprint density at radius 3 is 2.13 bits per heavy atom. The number of halogens is 3. The molecule has 1 unspecified atom stereocenters. The molecule has 1 aromatic rings. The number of nitrogens with one attached hydrogen (secondary N) is 1. The van der Waals surface area contributed by atoms with Gasteiger partial charge in [-0.15, -0.1) is 0 Å². The zero-order valence-electron chi connectivity index (χ0n) is 17.0. The molecule has 0 aliphatic rings. The van der Waals surface area contributed by atoms with Crippen LogP contribution in [0.25, 0.3) is 0 Å². The van der Waals surface area contributed by atoms with E-state index in [-0.39, 0.29) is 13.2 Å². The number of alkyl halides is 3. The molecular formula is C18H27F3N2O6Si. The van der Waals surface area contributed by atoms with Crippen LogP contribution in [-0.2, 0) is 25.7 Å². The highest BCUT2D eigenvalue weighted by Crippen LogP contribution is 2.13. The molecule has 0 saturated heterocycles. The number of rotatable bonds is 8. The van der Waals surface area contributed by atoms with E-state index in [0.717, 1.165) is 11.6 Å². The number of hydrogen-bond acceptors (Lipinski definition) is 6. The summed E-state index contributed by atoms with van der Waals surface area (Å²) in [6.07, 6.45) is -5.70. The van der Waals surface area contributed by atoms with Crippen LogP contribution in [0.4, 0.5) is 18.0 Å². The molecule has 8 nitrogen and oxygen atoms in total. The van der Waals surface area contributed by atoms with Crippen LogP contribution in [0.15, 0.2) is 30.3 Å². The number of aliphatic carboxylic acids is 1. The van der Waals surface area contributed by atoms with Gasteiger partial charge in [-0.2, -0.15) is 13.2 Å². The number of benzene rings is 1. The van der Waals surface area contributed by atoms with Crippen LogP contribution < -0.4 is 11.1 Å². The Morgan fingerprint density at radius 1 is 1.13 bits per heavy atom. The van der Waals surface area contributed by atoms with E-state index in [0.29, 0.717) is 6.61 Å². The third-order valence-corrected chi connectivity index (χ3v) is 5.02. The van der Waals surface area contributed by atoms with Gasteiger partial charge in [-0.3, -0.25) is 4.79 Å². The quantitative estimate of drug-likeness (QED) is 0.409. The van der Waals surface area contributed by atoms with Crippen LogP contribution in [-0.4, -0.2) is 56.6 Å². The van der Waals surface area contributed by atoms with Gasteiger partial charge in [0, 0.05) is 14.6 Å². The number of ether oxygens (including phenoxy) is 2. The number of esters is 1. The summed E-state index contributed by atoms with van der Waals surface area (Å²) in [7, 11) is -1.25. The van der Waals surface area contributed by atoms with E-state index in [9.17, 15) is 22.8 Å². The van der Waals surface area contributed by atoms with Crippen LogP contribution in [0.2, 0.25) is 25.7 Å². The van der Waals surface area contributed by atoms with Gasteiger partial charge in [0.15, 0.2) is 0 Å². The van der Waals surface area contributed by atoms with Crippen LogP contribution in [0, 0.1) is 0 Å². The lowest BCUT2D eigenvalue weighted by Crippen LogP contribution is -2.43. The molecule has 0 radical (unpaired) electrons. The predicted octanol–water partition coefficient (Wildman–Crippen LogP) is 2.75. The van der Waals surface area contributed by atoms with Crippen molar-refractivity contribution in [3.63, 3.8) is 0 Å². The van der Waals surface area contributed by atoms with Gasteiger partial charge in [0.2, 0.25) is 0 Å². The average molecular weight is 453 g/mol. The number of carbonyl (C=O) groups excluding carboxylic acids is 2. The summed E-state index contributed by atoms with van der Waals surface area (Å²) in [6, 6.07) is 9.32. The van der Waals surface area contributed by atoms with Crippen molar-refractivity contribution in [1.29, 1.82) is 0 Å².